The number of hydrogen-bond acceptors (Lipinski definition) is 1. The summed E-state index contributed by atoms with van der Waals surface area (Å²) in [5.74, 6) is 0.228. The van der Waals surface area contributed by atoms with E-state index in [0.29, 0.717) is 17.9 Å². The van der Waals surface area contributed by atoms with Crippen LogP contribution in [0.4, 0.5) is 0 Å². The van der Waals surface area contributed by atoms with Gasteiger partial charge < -0.3 is 5.32 Å². The van der Waals surface area contributed by atoms with Gasteiger partial charge in [-0.3, -0.25) is 4.79 Å². The van der Waals surface area contributed by atoms with Crippen molar-refractivity contribution in [1.82, 2.24) is 5.32 Å². The van der Waals surface area contributed by atoms with Gasteiger partial charge in [0.1, 0.15) is 0 Å². The van der Waals surface area contributed by atoms with E-state index in [1.54, 1.807) is 0 Å². The lowest BCUT2D eigenvalue weighted by atomic mass is 9.53. The van der Waals surface area contributed by atoms with Gasteiger partial charge in [-0.15, -0.1) is 0 Å². The Kier molecular flexibility index (Phi) is 1.85. The van der Waals surface area contributed by atoms with Gasteiger partial charge in [-0.25, -0.2) is 0 Å². The van der Waals surface area contributed by atoms with Gasteiger partial charge in [0, 0.05) is 12.5 Å². The molecule has 2 saturated carbocycles. The van der Waals surface area contributed by atoms with Crippen LogP contribution in [-0.2, 0) is 4.79 Å². The van der Waals surface area contributed by atoms with E-state index in [2.05, 4.69) is 5.32 Å². The Morgan fingerprint density at radius 3 is 2.58 bits per heavy atom. The van der Waals surface area contributed by atoms with Crippen LogP contribution in [0, 0.1) is 5.41 Å². The monoisotopic (exact) mass is 167 g/mol. The molecule has 1 amide bonds. The molecule has 0 bridgehead atoms. The predicted molar refractivity (Wildman–Crippen MR) is 47.7 cm³/mol. The summed E-state index contributed by atoms with van der Waals surface area (Å²) in [6.45, 7) is 1.92. The molecule has 1 spiro atoms. The second kappa shape index (κ2) is 2.75. The molecule has 1 atom stereocenters. The first-order valence-electron chi connectivity index (χ1n) is 5.06. The standard InChI is InChI=1S/C10H17NO/c1-2-9(12)11-8-4-7-10(8)5-3-6-10/h8H,2-7H2,1H3,(H,11,12). The molecule has 2 aliphatic rings. The Balaban J connectivity index is 1.85. The zero-order valence-corrected chi connectivity index (χ0v) is 7.73. The van der Waals surface area contributed by atoms with Crippen molar-refractivity contribution < 1.29 is 4.79 Å². The number of carbonyl (C=O) groups excluding carboxylic acids is 1. The summed E-state index contributed by atoms with van der Waals surface area (Å²) in [6.07, 6.45) is 7.27. The highest BCUT2D eigenvalue weighted by Crippen LogP contribution is 2.55. The van der Waals surface area contributed by atoms with Crippen LogP contribution in [0.1, 0.15) is 45.4 Å². The summed E-state index contributed by atoms with van der Waals surface area (Å²) >= 11 is 0. The molecule has 2 aliphatic carbocycles. The highest BCUT2D eigenvalue weighted by Gasteiger charge is 2.50. The van der Waals surface area contributed by atoms with Crippen LogP contribution < -0.4 is 5.32 Å². The maximum absolute atomic E-state index is 11.1. The number of rotatable bonds is 2. The van der Waals surface area contributed by atoms with E-state index in [4.69, 9.17) is 0 Å². The summed E-state index contributed by atoms with van der Waals surface area (Å²) < 4.78 is 0. The molecule has 0 aromatic rings. The summed E-state index contributed by atoms with van der Waals surface area (Å²) in [5.41, 5.74) is 0.560. The SMILES string of the molecule is CCC(=O)NC1CCC12CCC2. The second-order valence-electron chi connectivity index (χ2n) is 4.23. The van der Waals surface area contributed by atoms with Crippen molar-refractivity contribution in [3.05, 3.63) is 0 Å². The molecule has 2 heteroatoms. The minimum atomic E-state index is 0.228. The quantitative estimate of drug-likeness (QED) is 0.668. The molecule has 0 radical (unpaired) electrons. The van der Waals surface area contributed by atoms with E-state index >= 15 is 0 Å². The van der Waals surface area contributed by atoms with Crippen molar-refractivity contribution >= 4 is 5.91 Å². The minimum Gasteiger partial charge on any atom is -0.353 e. The lowest BCUT2D eigenvalue weighted by Gasteiger charge is -2.56. The third-order valence-electron chi connectivity index (χ3n) is 3.68. The molecule has 0 aromatic heterocycles. The van der Waals surface area contributed by atoms with E-state index < -0.39 is 0 Å². The van der Waals surface area contributed by atoms with Gasteiger partial charge in [0.05, 0.1) is 0 Å². The van der Waals surface area contributed by atoms with Crippen molar-refractivity contribution in [3.63, 3.8) is 0 Å². The van der Waals surface area contributed by atoms with Crippen molar-refractivity contribution in [1.29, 1.82) is 0 Å². The summed E-state index contributed by atoms with van der Waals surface area (Å²) in [4.78, 5) is 11.1. The normalized spacial score (nSPS) is 30.6. The molecule has 2 fully saturated rings. The molecule has 1 N–H and O–H groups in total. The van der Waals surface area contributed by atoms with E-state index in [1.165, 1.54) is 32.1 Å². The van der Waals surface area contributed by atoms with Gasteiger partial charge in [0.15, 0.2) is 0 Å². The maximum Gasteiger partial charge on any atom is 0.219 e. The molecule has 2 rings (SSSR count). The van der Waals surface area contributed by atoms with Crippen LogP contribution in [0.15, 0.2) is 0 Å². The van der Waals surface area contributed by atoms with Gasteiger partial charge in [0.25, 0.3) is 0 Å². The fourth-order valence-corrected chi connectivity index (χ4v) is 2.45. The average Bonchev–Trinajstić information content (AvgIpc) is 1.94. The van der Waals surface area contributed by atoms with Crippen molar-refractivity contribution in [2.24, 2.45) is 5.41 Å². The summed E-state index contributed by atoms with van der Waals surface area (Å²) in [7, 11) is 0. The Morgan fingerprint density at radius 2 is 2.25 bits per heavy atom. The van der Waals surface area contributed by atoms with Gasteiger partial charge in [-0.1, -0.05) is 13.3 Å². The molecule has 68 valence electrons. The number of hydrogen-bond donors (Lipinski definition) is 1. The second-order valence-corrected chi connectivity index (χ2v) is 4.23. The summed E-state index contributed by atoms with van der Waals surface area (Å²) in [6, 6.07) is 0.527. The highest BCUT2D eigenvalue weighted by molar-refractivity contribution is 5.76. The van der Waals surface area contributed by atoms with Gasteiger partial charge in [-0.2, -0.15) is 0 Å². The molecule has 0 heterocycles. The third kappa shape index (κ3) is 1.05. The molecule has 0 aromatic carbocycles. The van der Waals surface area contributed by atoms with E-state index in [-0.39, 0.29) is 5.91 Å². The first-order chi connectivity index (χ1) is 5.77. The van der Waals surface area contributed by atoms with Crippen LogP contribution in [0.2, 0.25) is 0 Å². The Bertz CT molecular complexity index is 191. The lowest BCUT2D eigenvalue weighted by molar-refractivity contribution is -0.126. The Morgan fingerprint density at radius 1 is 1.50 bits per heavy atom. The number of amides is 1. The average molecular weight is 167 g/mol. The molecule has 0 aliphatic heterocycles. The third-order valence-corrected chi connectivity index (χ3v) is 3.68. The Labute approximate surface area is 73.7 Å². The van der Waals surface area contributed by atoms with Crippen molar-refractivity contribution in [3.8, 4) is 0 Å². The predicted octanol–water partition coefficient (Wildman–Crippen LogP) is 1.85. The molecular weight excluding hydrogens is 150 g/mol. The fraction of sp³-hybridized carbons (Fsp3) is 0.900. The number of carbonyl (C=O) groups is 1. The molecule has 2 nitrogen and oxygen atoms in total. The molecule has 12 heavy (non-hydrogen) atoms. The minimum absolute atomic E-state index is 0.228. The maximum atomic E-state index is 11.1. The lowest BCUT2D eigenvalue weighted by Crippen LogP contribution is -2.58. The fourth-order valence-electron chi connectivity index (χ4n) is 2.45. The van der Waals surface area contributed by atoms with Gasteiger partial charge >= 0.3 is 0 Å². The topological polar surface area (TPSA) is 29.1 Å². The molecule has 1 unspecified atom stereocenters. The van der Waals surface area contributed by atoms with E-state index in [9.17, 15) is 4.79 Å². The van der Waals surface area contributed by atoms with Crippen LogP contribution in [0.25, 0.3) is 0 Å². The van der Waals surface area contributed by atoms with Crippen LogP contribution in [0.3, 0.4) is 0 Å². The van der Waals surface area contributed by atoms with Gasteiger partial charge in [-0.05, 0) is 31.1 Å². The highest BCUT2D eigenvalue weighted by atomic mass is 16.1. The van der Waals surface area contributed by atoms with E-state index in [0.717, 1.165) is 0 Å². The number of nitrogens with one attached hydrogen (secondary N) is 1. The molecule has 0 saturated heterocycles. The van der Waals surface area contributed by atoms with Crippen LogP contribution >= 0.6 is 0 Å². The Hall–Kier alpha value is -0.530. The largest absolute Gasteiger partial charge is 0.353 e. The van der Waals surface area contributed by atoms with Crippen molar-refractivity contribution in [2.75, 3.05) is 0 Å². The van der Waals surface area contributed by atoms with Crippen molar-refractivity contribution in [2.45, 2.75) is 51.5 Å². The molecular formula is C10H17NO. The first kappa shape index (κ1) is 8.09. The first-order valence-corrected chi connectivity index (χ1v) is 5.06. The van der Waals surface area contributed by atoms with E-state index in [1.807, 2.05) is 6.92 Å². The zero-order chi connectivity index (χ0) is 8.60. The summed E-state index contributed by atoms with van der Waals surface area (Å²) in [5, 5.41) is 3.12. The smallest absolute Gasteiger partial charge is 0.219 e. The van der Waals surface area contributed by atoms with Gasteiger partial charge in [0.2, 0.25) is 5.91 Å². The van der Waals surface area contributed by atoms with Crippen LogP contribution in [-0.4, -0.2) is 11.9 Å². The zero-order valence-electron chi connectivity index (χ0n) is 7.73. The van der Waals surface area contributed by atoms with Crippen LogP contribution in [0.5, 0.6) is 0 Å².